The number of piperazine rings is 1. The van der Waals surface area contributed by atoms with Crippen molar-refractivity contribution in [3.63, 3.8) is 0 Å². The highest BCUT2D eigenvalue weighted by molar-refractivity contribution is 6.32. The average Bonchev–Trinajstić information content (AvgIpc) is 3.24. The van der Waals surface area contributed by atoms with Crippen molar-refractivity contribution >= 4 is 34.7 Å². The summed E-state index contributed by atoms with van der Waals surface area (Å²) in [6, 6.07) is 5.23. The van der Waals surface area contributed by atoms with Crippen molar-refractivity contribution in [3.05, 3.63) is 47.7 Å². The van der Waals surface area contributed by atoms with Crippen LogP contribution in [0, 0.1) is 5.82 Å². The van der Waals surface area contributed by atoms with Crippen LogP contribution in [-0.4, -0.2) is 70.3 Å². The Morgan fingerprint density at radius 2 is 1.71 bits per heavy atom. The number of aromatic nitrogens is 2. The molecule has 1 aromatic heterocycles. The molecule has 1 fully saturated rings. The van der Waals surface area contributed by atoms with Gasteiger partial charge < -0.3 is 20.4 Å². The molecule has 202 valence electrons. The van der Waals surface area contributed by atoms with Gasteiger partial charge in [-0.05, 0) is 51.4 Å². The lowest BCUT2D eigenvalue weighted by molar-refractivity contribution is -0.131. The maximum atomic E-state index is 14.8. The second-order valence-corrected chi connectivity index (χ2v) is 10.5. The summed E-state index contributed by atoms with van der Waals surface area (Å²) in [6.45, 7) is 8.13. The molecule has 9 nitrogen and oxygen atoms in total. The summed E-state index contributed by atoms with van der Waals surface area (Å²) in [5.41, 5.74) is 2.38. The van der Waals surface area contributed by atoms with Crippen LogP contribution in [0.5, 0.6) is 0 Å². The Hall–Kier alpha value is -3.53. The molecule has 1 saturated heterocycles. The van der Waals surface area contributed by atoms with Gasteiger partial charge in [-0.25, -0.2) is 14.4 Å². The first-order chi connectivity index (χ1) is 18.4. The standard InChI is InChI=1S/C28H36FN7O2/c1-19(2)36-10-6-4-3-5-7-24(37)34-11-13-35(14-12-34)27-25-22(28(38)33-26(25)31-18-32-27)16-30-21-8-9-23(29)20(15-21)17-36/h8-9,15-16,18-19,30H,3-7,10-14,17H2,1-2H3,(H,31,32,33,38)/b22-16-. The molecule has 0 atom stereocenters. The van der Waals surface area contributed by atoms with Crippen LogP contribution < -0.4 is 15.5 Å². The molecule has 4 aliphatic rings. The number of nitrogens with zero attached hydrogens (tertiary/aromatic N) is 5. The Morgan fingerprint density at radius 3 is 2.50 bits per heavy atom. The van der Waals surface area contributed by atoms with E-state index >= 15 is 0 Å². The fourth-order valence-corrected chi connectivity index (χ4v) is 5.34. The lowest BCUT2D eigenvalue weighted by Gasteiger charge is -2.36. The Morgan fingerprint density at radius 1 is 0.947 bits per heavy atom. The van der Waals surface area contributed by atoms with Gasteiger partial charge in [0.05, 0.1) is 11.1 Å². The molecule has 38 heavy (non-hydrogen) atoms. The summed E-state index contributed by atoms with van der Waals surface area (Å²) in [4.78, 5) is 40.8. The number of hydrogen-bond donors (Lipinski definition) is 2. The summed E-state index contributed by atoms with van der Waals surface area (Å²) in [5, 5.41) is 6.04. The minimum atomic E-state index is -0.269. The van der Waals surface area contributed by atoms with E-state index < -0.39 is 0 Å². The number of halogens is 1. The van der Waals surface area contributed by atoms with Crippen LogP contribution in [0.25, 0.3) is 5.57 Å². The van der Waals surface area contributed by atoms with Gasteiger partial charge in [0.1, 0.15) is 23.8 Å². The van der Waals surface area contributed by atoms with Crippen molar-refractivity contribution in [3.8, 4) is 0 Å². The fraction of sp³-hybridized carbons (Fsp3) is 0.500. The van der Waals surface area contributed by atoms with Gasteiger partial charge in [0.2, 0.25) is 5.91 Å². The first kappa shape index (κ1) is 26.1. The minimum Gasteiger partial charge on any atom is -0.361 e. The van der Waals surface area contributed by atoms with E-state index in [1.807, 2.05) is 11.0 Å². The van der Waals surface area contributed by atoms with Crippen LogP contribution in [0.1, 0.15) is 57.1 Å². The van der Waals surface area contributed by atoms with Gasteiger partial charge in [-0.3, -0.25) is 14.5 Å². The maximum absolute atomic E-state index is 14.8. The number of nitrogens with one attached hydrogen (secondary N) is 2. The van der Waals surface area contributed by atoms with Crippen LogP contribution in [0.3, 0.4) is 0 Å². The lowest BCUT2D eigenvalue weighted by atomic mass is 10.1. The Bertz CT molecular complexity index is 1220. The van der Waals surface area contributed by atoms with Gasteiger partial charge in [0.15, 0.2) is 0 Å². The third kappa shape index (κ3) is 5.65. The Kier molecular flexibility index (Phi) is 7.87. The third-order valence-electron chi connectivity index (χ3n) is 7.62. The molecule has 0 aliphatic carbocycles. The first-order valence-corrected chi connectivity index (χ1v) is 13.6. The zero-order chi connectivity index (χ0) is 26.6. The van der Waals surface area contributed by atoms with E-state index in [0.29, 0.717) is 73.2 Å². The van der Waals surface area contributed by atoms with Gasteiger partial charge in [0.25, 0.3) is 5.91 Å². The highest BCUT2D eigenvalue weighted by Crippen LogP contribution is 2.36. The van der Waals surface area contributed by atoms with Gasteiger partial charge in [-0.1, -0.05) is 12.8 Å². The molecule has 2 amide bonds. The largest absolute Gasteiger partial charge is 0.361 e. The van der Waals surface area contributed by atoms with Gasteiger partial charge in [-0.15, -0.1) is 0 Å². The van der Waals surface area contributed by atoms with Crippen LogP contribution in [0.15, 0.2) is 30.7 Å². The van der Waals surface area contributed by atoms with Crippen molar-refractivity contribution < 1.29 is 14.0 Å². The predicted molar refractivity (Wildman–Crippen MR) is 146 cm³/mol. The second kappa shape index (κ2) is 11.5. The third-order valence-corrected chi connectivity index (χ3v) is 7.62. The number of hydrogen-bond acceptors (Lipinski definition) is 7. The number of carbonyl (C=O) groups excluding carboxylic acids is 2. The van der Waals surface area contributed by atoms with Gasteiger partial charge >= 0.3 is 0 Å². The number of benzene rings is 1. The number of anilines is 3. The van der Waals surface area contributed by atoms with Crippen LogP contribution >= 0.6 is 0 Å². The monoisotopic (exact) mass is 521 g/mol. The molecule has 0 spiro atoms. The van der Waals surface area contributed by atoms with Crippen molar-refractivity contribution in [1.82, 2.24) is 19.8 Å². The maximum Gasteiger partial charge on any atom is 0.259 e. The first-order valence-electron chi connectivity index (χ1n) is 13.6. The minimum absolute atomic E-state index is 0.198. The van der Waals surface area contributed by atoms with Crippen LogP contribution in [-0.2, 0) is 16.1 Å². The fourth-order valence-electron chi connectivity index (χ4n) is 5.34. The predicted octanol–water partition coefficient (Wildman–Crippen LogP) is 3.84. The van der Waals surface area contributed by atoms with Crippen molar-refractivity contribution in [2.45, 2.75) is 58.5 Å². The van der Waals surface area contributed by atoms with Crippen molar-refractivity contribution in [2.24, 2.45) is 0 Å². The number of fused-ring (bicyclic) bond motifs is 11. The Labute approximate surface area is 223 Å². The van der Waals surface area contributed by atoms with Crippen molar-refractivity contribution in [1.29, 1.82) is 0 Å². The van der Waals surface area contributed by atoms with E-state index in [1.165, 1.54) is 12.4 Å². The molecule has 0 unspecified atom stereocenters. The normalized spacial score (nSPS) is 20.9. The molecule has 6 rings (SSSR count). The zero-order valence-electron chi connectivity index (χ0n) is 22.2. The van der Waals surface area contributed by atoms with Crippen molar-refractivity contribution in [2.75, 3.05) is 48.3 Å². The molecule has 10 heteroatoms. The molecule has 4 aliphatic heterocycles. The van der Waals surface area contributed by atoms with E-state index in [1.54, 1.807) is 12.3 Å². The van der Waals surface area contributed by atoms with Crippen LogP contribution in [0.4, 0.5) is 21.7 Å². The summed E-state index contributed by atoms with van der Waals surface area (Å²) in [5.74, 6) is 0.825. The molecule has 5 heterocycles. The summed E-state index contributed by atoms with van der Waals surface area (Å²) >= 11 is 0. The zero-order valence-corrected chi connectivity index (χ0v) is 22.2. The summed E-state index contributed by atoms with van der Waals surface area (Å²) < 4.78 is 14.8. The lowest BCUT2D eigenvalue weighted by Crippen LogP contribution is -2.49. The topological polar surface area (TPSA) is 93.7 Å². The smallest absolute Gasteiger partial charge is 0.259 e. The summed E-state index contributed by atoms with van der Waals surface area (Å²) in [6.07, 6.45) is 7.60. The van der Waals surface area contributed by atoms with Crippen LogP contribution in [0.2, 0.25) is 0 Å². The molecular formula is C28H36FN7O2. The van der Waals surface area contributed by atoms with Gasteiger partial charge in [-0.2, -0.15) is 0 Å². The highest BCUT2D eigenvalue weighted by atomic mass is 19.1. The summed E-state index contributed by atoms with van der Waals surface area (Å²) in [7, 11) is 0. The average molecular weight is 522 g/mol. The quantitative estimate of drug-likeness (QED) is 0.589. The van der Waals surface area contributed by atoms with E-state index in [9.17, 15) is 14.0 Å². The van der Waals surface area contributed by atoms with E-state index in [0.717, 1.165) is 32.2 Å². The van der Waals surface area contributed by atoms with E-state index in [-0.39, 0.29) is 23.7 Å². The molecule has 2 aromatic rings. The molecule has 0 saturated carbocycles. The molecule has 0 radical (unpaired) electrons. The van der Waals surface area contributed by atoms with Gasteiger partial charge in [0, 0.05) is 62.6 Å². The molecule has 2 N–H and O–H groups in total. The molecule has 1 aromatic carbocycles. The highest BCUT2D eigenvalue weighted by Gasteiger charge is 2.32. The van der Waals surface area contributed by atoms with E-state index in [2.05, 4.69) is 44.2 Å². The molecular weight excluding hydrogens is 485 g/mol. The molecule has 4 bridgehead atoms. The number of carbonyl (C=O) groups is 2. The SMILES string of the molecule is CC(C)N1CCCCCCC(=O)N2CCN(CC2)c2ncnc3c2/C(=C/Nc2ccc(F)c(c2)C1)C(=O)N3. The number of rotatable bonds is 1. The Balaban J connectivity index is 1.47. The number of amides is 2. The van der Waals surface area contributed by atoms with E-state index in [4.69, 9.17) is 0 Å². The second-order valence-electron chi connectivity index (χ2n) is 10.5.